The Bertz CT molecular complexity index is 334. The van der Waals surface area contributed by atoms with Gasteiger partial charge in [-0.1, -0.05) is 13.8 Å². The van der Waals surface area contributed by atoms with Crippen molar-refractivity contribution in [1.82, 2.24) is 9.55 Å². The molecule has 14 heavy (non-hydrogen) atoms. The maximum absolute atomic E-state index is 10.4. The number of hydrogen-bond donors (Lipinski definition) is 1. The Morgan fingerprint density at radius 2 is 2.36 bits per heavy atom. The molecule has 0 amide bonds. The lowest BCUT2D eigenvalue weighted by Gasteiger charge is -2.48. The molecular weight excluding hydrogens is 176 g/mol. The van der Waals surface area contributed by atoms with Crippen molar-refractivity contribution in [1.29, 1.82) is 0 Å². The number of imidazole rings is 1. The van der Waals surface area contributed by atoms with Gasteiger partial charge < -0.3 is 9.67 Å². The molecule has 3 nitrogen and oxygen atoms in total. The van der Waals surface area contributed by atoms with E-state index in [1.54, 1.807) is 6.33 Å². The third-order valence-corrected chi connectivity index (χ3v) is 3.68. The summed E-state index contributed by atoms with van der Waals surface area (Å²) in [5.41, 5.74) is 0.171. The third-order valence-electron chi connectivity index (χ3n) is 3.68. The molecule has 1 heterocycles. The molecular formula is C11H18N2O. The molecule has 1 aliphatic rings. The molecule has 0 aromatic carbocycles. The van der Waals surface area contributed by atoms with Gasteiger partial charge in [0.1, 0.15) is 5.60 Å². The van der Waals surface area contributed by atoms with Crippen molar-refractivity contribution in [3.8, 4) is 0 Å². The molecule has 3 unspecified atom stereocenters. The van der Waals surface area contributed by atoms with Crippen molar-refractivity contribution in [3.63, 3.8) is 0 Å². The van der Waals surface area contributed by atoms with Crippen LogP contribution < -0.4 is 0 Å². The predicted molar refractivity (Wildman–Crippen MR) is 54.7 cm³/mol. The van der Waals surface area contributed by atoms with Gasteiger partial charge in [0.2, 0.25) is 0 Å². The molecule has 0 saturated heterocycles. The van der Waals surface area contributed by atoms with Crippen molar-refractivity contribution < 1.29 is 5.11 Å². The van der Waals surface area contributed by atoms with Gasteiger partial charge in [-0.05, 0) is 25.2 Å². The second-order valence-corrected chi connectivity index (χ2v) is 4.48. The lowest BCUT2D eigenvalue weighted by molar-refractivity contribution is -0.135. The van der Waals surface area contributed by atoms with Gasteiger partial charge in [0, 0.05) is 12.7 Å². The third kappa shape index (κ3) is 1.19. The maximum Gasteiger partial charge on any atom is 0.111 e. The topological polar surface area (TPSA) is 38.0 Å². The second-order valence-electron chi connectivity index (χ2n) is 4.48. The van der Waals surface area contributed by atoms with Crippen LogP contribution >= 0.6 is 0 Å². The molecule has 1 N–H and O–H groups in total. The van der Waals surface area contributed by atoms with Gasteiger partial charge >= 0.3 is 0 Å². The van der Waals surface area contributed by atoms with Crippen molar-refractivity contribution in [2.75, 3.05) is 0 Å². The van der Waals surface area contributed by atoms with Crippen LogP contribution in [0.5, 0.6) is 0 Å². The lowest BCUT2D eigenvalue weighted by Crippen LogP contribution is -2.49. The number of rotatable bonds is 2. The van der Waals surface area contributed by atoms with Crippen molar-refractivity contribution >= 4 is 0 Å². The minimum atomic E-state index is -0.667. The van der Waals surface area contributed by atoms with Crippen molar-refractivity contribution in [2.24, 2.45) is 11.8 Å². The Labute approximate surface area is 84.8 Å². The largest absolute Gasteiger partial charge is 0.383 e. The quantitative estimate of drug-likeness (QED) is 0.779. The SMILES string of the molecule is CCn1cnc(C2(O)CC(C)C2C)c1. The smallest absolute Gasteiger partial charge is 0.111 e. The molecule has 0 spiro atoms. The van der Waals surface area contributed by atoms with Crippen LogP contribution in [0.2, 0.25) is 0 Å². The molecule has 0 aliphatic heterocycles. The van der Waals surface area contributed by atoms with Crippen LogP contribution in [0.4, 0.5) is 0 Å². The Hall–Kier alpha value is -0.830. The van der Waals surface area contributed by atoms with Crippen LogP contribution in [0.3, 0.4) is 0 Å². The zero-order valence-electron chi connectivity index (χ0n) is 9.07. The highest BCUT2D eigenvalue weighted by molar-refractivity contribution is 5.16. The zero-order valence-corrected chi connectivity index (χ0v) is 9.07. The summed E-state index contributed by atoms with van der Waals surface area (Å²) in [6.07, 6.45) is 4.60. The fourth-order valence-corrected chi connectivity index (χ4v) is 2.26. The first-order valence-corrected chi connectivity index (χ1v) is 5.32. The van der Waals surface area contributed by atoms with Gasteiger partial charge in [-0.15, -0.1) is 0 Å². The average molecular weight is 194 g/mol. The van der Waals surface area contributed by atoms with Crippen molar-refractivity contribution in [3.05, 3.63) is 18.2 Å². The number of hydrogen-bond acceptors (Lipinski definition) is 2. The average Bonchev–Trinajstić information content (AvgIpc) is 2.65. The zero-order chi connectivity index (χ0) is 10.3. The van der Waals surface area contributed by atoms with Crippen LogP contribution in [0.25, 0.3) is 0 Å². The van der Waals surface area contributed by atoms with E-state index in [1.165, 1.54) is 0 Å². The number of aliphatic hydroxyl groups is 1. The minimum absolute atomic E-state index is 0.322. The number of aromatic nitrogens is 2. The Morgan fingerprint density at radius 3 is 2.79 bits per heavy atom. The van der Waals surface area contributed by atoms with E-state index in [0.717, 1.165) is 18.7 Å². The van der Waals surface area contributed by atoms with E-state index in [-0.39, 0.29) is 0 Å². The maximum atomic E-state index is 10.4. The summed E-state index contributed by atoms with van der Waals surface area (Å²) >= 11 is 0. The normalized spacial score (nSPS) is 36.9. The molecule has 0 bridgehead atoms. The fourth-order valence-electron chi connectivity index (χ4n) is 2.26. The van der Waals surface area contributed by atoms with Crippen molar-refractivity contribution in [2.45, 2.75) is 39.3 Å². The monoisotopic (exact) mass is 194 g/mol. The number of aryl methyl sites for hydroxylation is 1. The van der Waals surface area contributed by atoms with Crippen LogP contribution in [-0.2, 0) is 12.1 Å². The molecule has 0 radical (unpaired) electrons. The van der Waals surface area contributed by atoms with E-state index in [0.29, 0.717) is 11.8 Å². The first-order valence-electron chi connectivity index (χ1n) is 5.32. The summed E-state index contributed by atoms with van der Waals surface area (Å²) in [7, 11) is 0. The van der Waals surface area contributed by atoms with Crippen LogP contribution in [0, 0.1) is 11.8 Å². The van der Waals surface area contributed by atoms with E-state index in [4.69, 9.17) is 0 Å². The van der Waals surface area contributed by atoms with Crippen LogP contribution in [0.15, 0.2) is 12.5 Å². The van der Waals surface area contributed by atoms with Crippen LogP contribution in [0.1, 0.15) is 32.9 Å². The van der Waals surface area contributed by atoms with E-state index >= 15 is 0 Å². The Balaban J connectivity index is 2.23. The standard InChI is InChI=1S/C11H18N2O/c1-4-13-6-10(12-7-13)11(14)5-8(2)9(11)3/h6-9,14H,4-5H2,1-3H3. The Morgan fingerprint density at radius 1 is 1.64 bits per heavy atom. The van der Waals surface area contributed by atoms with Gasteiger partial charge in [-0.2, -0.15) is 0 Å². The van der Waals surface area contributed by atoms with Gasteiger partial charge in [-0.25, -0.2) is 4.98 Å². The second kappa shape index (κ2) is 3.09. The lowest BCUT2D eigenvalue weighted by atomic mass is 9.62. The molecule has 3 atom stereocenters. The van der Waals surface area contributed by atoms with Gasteiger partial charge in [0.15, 0.2) is 0 Å². The highest BCUT2D eigenvalue weighted by Crippen LogP contribution is 2.49. The molecule has 1 aliphatic carbocycles. The molecule has 78 valence electrons. The molecule has 1 aromatic heterocycles. The van der Waals surface area contributed by atoms with E-state index in [9.17, 15) is 5.11 Å². The minimum Gasteiger partial charge on any atom is -0.383 e. The fraction of sp³-hybridized carbons (Fsp3) is 0.727. The molecule has 3 heteroatoms. The van der Waals surface area contributed by atoms with Gasteiger partial charge in [0.05, 0.1) is 12.0 Å². The number of nitrogens with zero attached hydrogens (tertiary/aromatic N) is 2. The summed E-state index contributed by atoms with van der Waals surface area (Å²) in [5.74, 6) is 0.925. The van der Waals surface area contributed by atoms with Crippen LogP contribution in [-0.4, -0.2) is 14.7 Å². The molecule has 1 fully saturated rings. The summed E-state index contributed by atoms with van der Waals surface area (Å²) in [6.45, 7) is 7.25. The van der Waals surface area contributed by atoms with Gasteiger partial charge in [0.25, 0.3) is 0 Å². The summed E-state index contributed by atoms with van der Waals surface area (Å²) < 4.78 is 2.00. The van der Waals surface area contributed by atoms with E-state index in [1.807, 2.05) is 10.8 Å². The van der Waals surface area contributed by atoms with E-state index in [2.05, 4.69) is 25.8 Å². The highest BCUT2D eigenvalue weighted by Gasteiger charge is 2.50. The molecule has 2 rings (SSSR count). The predicted octanol–water partition coefficient (Wildman–Crippen LogP) is 1.77. The summed E-state index contributed by atoms with van der Waals surface area (Å²) in [5, 5.41) is 10.4. The summed E-state index contributed by atoms with van der Waals surface area (Å²) in [4.78, 5) is 4.28. The first-order chi connectivity index (χ1) is 6.58. The van der Waals surface area contributed by atoms with Gasteiger partial charge in [-0.3, -0.25) is 0 Å². The Kier molecular flexibility index (Phi) is 2.14. The molecule has 1 aromatic rings. The summed E-state index contributed by atoms with van der Waals surface area (Å²) in [6, 6.07) is 0. The first kappa shape index (κ1) is 9.71. The highest BCUT2D eigenvalue weighted by atomic mass is 16.3. The van der Waals surface area contributed by atoms with E-state index < -0.39 is 5.60 Å². The molecule has 1 saturated carbocycles.